The normalized spacial score (nSPS) is 13.8. The van der Waals surface area contributed by atoms with E-state index in [1.165, 1.54) is 22.3 Å². The average molecular weight is 236 g/mol. The predicted molar refractivity (Wildman–Crippen MR) is 74.0 cm³/mol. The number of carbonyl (C=O) groups is 1. The number of rotatable bonds is 1. The van der Waals surface area contributed by atoms with E-state index in [0.717, 1.165) is 17.5 Å². The van der Waals surface area contributed by atoms with Gasteiger partial charge in [-0.3, -0.25) is 4.79 Å². The Labute approximate surface area is 107 Å². The first-order valence-electron chi connectivity index (χ1n) is 6.39. The van der Waals surface area contributed by atoms with Crippen molar-refractivity contribution in [2.24, 2.45) is 0 Å². The van der Waals surface area contributed by atoms with Crippen molar-refractivity contribution in [1.82, 2.24) is 0 Å². The summed E-state index contributed by atoms with van der Waals surface area (Å²) < 4.78 is 0. The fourth-order valence-corrected chi connectivity index (χ4v) is 2.88. The highest BCUT2D eigenvalue weighted by Crippen LogP contribution is 2.33. The third kappa shape index (κ3) is 1.76. The first-order chi connectivity index (χ1) is 8.65. The number of benzene rings is 2. The lowest BCUT2D eigenvalue weighted by atomic mass is 9.94. The third-order valence-electron chi connectivity index (χ3n) is 3.58. The van der Waals surface area contributed by atoms with Crippen LogP contribution in [0.25, 0.3) is 11.1 Å². The highest BCUT2D eigenvalue weighted by atomic mass is 16.1. The molecule has 0 radical (unpaired) electrons. The van der Waals surface area contributed by atoms with Gasteiger partial charge in [0.1, 0.15) is 0 Å². The Morgan fingerprint density at radius 3 is 2.39 bits per heavy atom. The fourth-order valence-electron chi connectivity index (χ4n) is 2.88. The van der Waals surface area contributed by atoms with Crippen LogP contribution in [0.4, 0.5) is 0 Å². The summed E-state index contributed by atoms with van der Waals surface area (Å²) in [5, 5.41) is 0. The summed E-state index contributed by atoms with van der Waals surface area (Å²) in [5.41, 5.74) is 6.90. The van der Waals surface area contributed by atoms with E-state index in [1.54, 1.807) is 0 Å². The molecule has 0 aromatic heterocycles. The number of hydrogen-bond donors (Lipinski definition) is 0. The Bertz CT molecular complexity index is 618. The summed E-state index contributed by atoms with van der Waals surface area (Å²) in [4.78, 5) is 12.0. The maximum Gasteiger partial charge on any atom is 0.164 e. The Kier molecular flexibility index (Phi) is 2.55. The average Bonchev–Trinajstić information content (AvgIpc) is 2.70. The lowest BCUT2D eigenvalue weighted by Gasteiger charge is -2.09. The van der Waals surface area contributed by atoms with Gasteiger partial charge in [0.2, 0.25) is 0 Å². The van der Waals surface area contributed by atoms with Crippen LogP contribution in [0.1, 0.15) is 33.5 Å². The topological polar surface area (TPSA) is 17.1 Å². The molecule has 0 unspecified atom stereocenters. The standard InChI is InChI=1S/C17H16O/c1-11-8-12(2)10-14(9-11)15-5-3-4-13-6-7-16(18)17(13)15/h3-5,8-10H,6-7H2,1-2H3. The molecule has 18 heavy (non-hydrogen) atoms. The first kappa shape index (κ1) is 11.2. The Hall–Kier alpha value is -1.89. The number of aryl methyl sites for hydroxylation is 3. The van der Waals surface area contributed by atoms with E-state index in [0.29, 0.717) is 12.2 Å². The zero-order valence-electron chi connectivity index (χ0n) is 10.8. The van der Waals surface area contributed by atoms with Gasteiger partial charge in [0.25, 0.3) is 0 Å². The zero-order valence-corrected chi connectivity index (χ0v) is 10.8. The largest absolute Gasteiger partial charge is 0.294 e. The summed E-state index contributed by atoms with van der Waals surface area (Å²) >= 11 is 0. The zero-order chi connectivity index (χ0) is 12.7. The molecule has 2 aromatic rings. The highest BCUT2D eigenvalue weighted by molar-refractivity contribution is 6.06. The summed E-state index contributed by atoms with van der Waals surface area (Å²) in [7, 11) is 0. The second kappa shape index (κ2) is 4.09. The molecule has 1 nitrogen and oxygen atoms in total. The van der Waals surface area contributed by atoms with E-state index in [-0.39, 0.29) is 0 Å². The van der Waals surface area contributed by atoms with Crippen molar-refractivity contribution in [2.75, 3.05) is 0 Å². The quantitative estimate of drug-likeness (QED) is 0.728. The molecule has 1 aliphatic carbocycles. The van der Waals surface area contributed by atoms with Crippen LogP contribution in [-0.2, 0) is 6.42 Å². The van der Waals surface area contributed by atoms with Gasteiger partial charge in [-0.2, -0.15) is 0 Å². The molecule has 0 fully saturated rings. The van der Waals surface area contributed by atoms with Crippen molar-refractivity contribution in [3.63, 3.8) is 0 Å². The molecule has 90 valence electrons. The van der Waals surface area contributed by atoms with E-state index in [1.807, 2.05) is 0 Å². The summed E-state index contributed by atoms with van der Waals surface area (Å²) in [6, 6.07) is 12.7. The number of fused-ring (bicyclic) bond motifs is 1. The third-order valence-corrected chi connectivity index (χ3v) is 3.58. The molecule has 0 bridgehead atoms. The van der Waals surface area contributed by atoms with Gasteiger partial charge < -0.3 is 0 Å². The predicted octanol–water partition coefficient (Wildman–Crippen LogP) is 4.10. The van der Waals surface area contributed by atoms with Gasteiger partial charge in [0, 0.05) is 12.0 Å². The fraction of sp³-hybridized carbons (Fsp3) is 0.235. The molecule has 1 aliphatic rings. The summed E-state index contributed by atoms with van der Waals surface area (Å²) in [6.45, 7) is 4.20. The molecule has 0 saturated carbocycles. The number of ketones is 1. The number of carbonyl (C=O) groups excluding carboxylic acids is 1. The van der Waals surface area contributed by atoms with Crippen LogP contribution in [-0.4, -0.2) is 5.78 Å². The molecular formula is C17H16O. The minimum Gasteiger partial charge on any atom is -0.294 e. The van der Waals surface area contributed by atoms with Crippen molar-refractivity contribution in [3.8, 4) is 11.1 Å². The van der Waals surface area contributed by atoms with Gasteiger partial charge >= 0.3 is 0 Å². The smallest absolute Gasteiger partial charge is 0.164 e. The minimum atomic E-state index is 0.291. The lowest BCUT2D eigenvalue weighted by Crippen LogP contribution is -1.96. The van der Waals surface area contributed by atoms with Crippen LogP contribution in [0.3, 0.4) is 0 Å². The molecule has 2 aromatic carbocycles. The molecule has 0 atom stereocenters. The van der Waals surface area contributed by atoms with E-state index < -0.39 is 0 Å². The second-order valence-electron chi connectivity index (χ2n) is 5.14. The number of Topliss-reactive ketones (excluding diaryl/α,β-unsaturated/α-hetero) is 1. The summed E-state index contributed by atoms with van der Waals surface area (Å²) in [5.74, 6) is 0.291. The van der Waals surface area contributed by atoms with Crippen LogP contribution < -0.4 is 0 Å². The molecule has 0 saturated heterocycles. The highest BCUT2D eigenvalue weighted by Gasteiger charge is 2.23. The van der Waals surface area contributed by atoms with Gasteiger partial charge in [-0.15, -0.1) is 0 Å². The van der Waals surface area contributed by atoms with Crippen LogP contribution in [0.2, 0.25) is 0 Å². The molecular weight excluding hydrogens is 220 g/mol. The maximum absolute atomic E-state index is 12.0. The molecule has 0 heterocycles. The van der Waals surface area contributed by atoms with Gasteiger partial charge in [0.05, 0.1) is 0 Å². The van der Waals surface area contributed by atoms with Gasteiger partial charge in [-0.25, -0.2) is 0 Å². The van der Waals surface area contributed by atoms with Gasteiger partial charge in [-0.1, -0.05) is 47.5 Å². The molecule has 0 amide bonds. The van der Waals surface area contributed by atoms with Crippen LogP contribution in [0, 0.1) is 13.8 Å². The molecule has 0 spiro atoms. The van der Waals surface area contributed by atoms with E-state index in [9.17, 15) is 4.79 Å². The van der Waals surface area contributed by atoms with Crippen LogP contribution in [0.15, 0.2) is 36.4 Å². The van der Waals surface area contributed by atoms with E-state index in [2.05, 4.69) is 50.2 Å². The van der Waals surface area contributed by atoms with Crippen molar-refractivity contribution >= 4 is 5.78 Å². The Morgan fingerprint density at radius 1 is 0.944 bits per heavy atom. The molecule has 1 heteroatoms. The maximum atomic E-state index is 12.0. The monoisotopic (exact) mass is 236 g/mol. The number of hydrogen-bond acceptors (Lipinski definition) is 1. The SMILES string of the molecule is Cc1cc(C)cc(-c2cccc3c2C(=O)CC3)c1. The first-order valence-corrected chi connectivity index (χ1v) is 6.39. The molecule has 0 aliphatic heterocycles. The van der Waals surface area contributed by atoms with Crippen molar-refractivity contribution in [1.29, 1.82) is 0 Å². The van der Waals surface area contributed by atoms with Crippen molar-refractivity contribution in [3.05, 3.63) is 58.7 Å². The van der Waals surface area contributed by atoms with Crippen molar-refractivity contribution < 1.29 is 4.79 Å². The van der Waals surface area contributed by atoms with E-state index >= 15 is 0 Å². The summed E-state index contributed by atoms with van der Waals surface area (Å²) in [6.07, 6.45) is 1.56. The van der Waals surface area contributed by atoms with Crippen LogP contribution >= 0.6 is 0 Å². The lowest BCUT2D eigenvalue weighted by molar-refractivity contribution is 0.0995. The Morgan fingerprint density at radius 2 is 1.67 bits per heavy atom. The van der Waals surface area contributed by atoms with E-state index in [4.69, 9.17) is 0 Å². The Balaban J connectivity index is 2.24. The van der Waals surface area contributed by atoms with Gasteiger partial charge in [-0.05, 0) is 37.0 Å². The second-order valence-corrected chi connectivity index (χ2v) is 5.14. The minimum absolute atomic E-state index is 0.291. The molecule has 3 rings (SSSR count). The van der Waals surface area contributed by atoms with Crippen LogP contribution in [0.5, 0.6) is 0 Å². The van der Waals surface area contributed by atoms with Crippen molar-refractivity contribution in [2.45, 2.75) is 26.7 Å². The molecule has 0 N–H and O–H groups in total. The van der Waals surface area contributed by atoms with Gasteiger partial charge in [0.15, 0.2) is 5.78 Å².